The maximum absolute atomic E-state index is 5.38. The Morgan fingerprint density at radius 2 is 1.91 bits per heavy atom. The lowest BCUT2D eigenvalue weighted by atomic mass is 10.2. The van der Waals surface area contributed by atoms with Gasteiger partial charge in [-0.2, -0.15) is 0 Å². The second-order valence-electron chi connectivity index (χ2n) is 4.95. The number of aromatic nitrogens is 3. The molecule has 0 spiro atoms. The van der Waals surface area contributed by atoms with Gasteiger partial charge in [0, 0.05) is 23.3 Å². The van der Waals surface area contributed by atoms with Gasteiger partial charge in [0.15, 0.2) is 0 Å². The minimum absolute atomic E-state index is 0.748. The molecule has 3 aromatic heterocycles. The summed E-state index contributed by atoms with van der Waals surface area (Å²) in [5.74, 6) is 0.821. The van der Waals surface area contributed by atoms with Crippen molar-refractivity contribution in [3.8, 4) is 17.0 Å². The Balaban J connectivity index is 1.63. The van der Waals surface area contributed by atoms with Crippen LogP contribution >= 0.6 is 22.7 Å². The summed E-state index contributed by atoms with van der Waals surface area (Å²) >= 11 is 3.36. The van der Waals surface area contributed by atoms with Crippen LogP contribution in [0.1, 0.15) is 10.0 Å². The van der Waals surface area contributed by atoms with Gasteiger partial charge in [-0.1, -0.05) is 6.07 Å². The van der Waals surface area contributed by atoms with E-state index in [9.17, 15) is 0 Å². The third-order valence-corrected chi connectivity index (χ3v) is 5.35. The third-order valence-electron chi connectivity index (χ3n) is 3.48. The zero-order chi connectivity index (χ0) is 15.6. The molecule has 0 atom stereocenters. The van der Waals surface area contributed by atoms with Crippen LogP contribution in [0.2, 0.25) is 0 Å². The highest BCUT2D eigenvalue weighted by Crippen LogP contribution is 2.31. The number of hydrogen-bond acceptors (Lipinski definition) is 6. The van der Waals surface area contributed by atoms with Crippen LogP contribution in [0.5, 0.6) is 5.75 Å². The number of thiazole rings is 2. The molecular weight excluding hydrogens is 326 g/mol. The summed E-state index contributed by atoms with van der Waals surface area (Å²) in [6.45, 7) is 0. The number of benzene rings is 1. The molecule has 0 bridgehead atoms. The number of nitrogens with zero attached hydrogens (tertiary/aromatic N) is 3. The van der Waals surface area contributed by atoms with Crippen LogP contribution in [0.3, 0.4) is 0 Å². The van der Waals surface area contributed by atoms with E-state index in [1.165, 1.54) is 0 Å². The van der Waals surface area contributed by atoms with Gasteiger partial charge in [0.1, 0.15) is 21.3 Å². The van der Waals surface area contributed by atoms with E-state index in [0.717, 1.165) is 43.7 Å². The minimum Gasteiger partial charge on any atom is -0.494 e. The van der Waals surface area contributed by atoms with E-state index < -0.39 is 0 Å². The molecule has 6 heteroatoms. The molecule has 0 aliphatic rings. The minimum atomic E-state index is 0.748. The molecule has 0 fully saturated rings. The SMILES string of the molecule is COc1cccc2sc(Cc3nc(-c4ccncc4)cs3)nc12. The number of rotatable bonds is 4. The van der Waals surface area contributed by atoms with Gasteiger partial charge in [-0.15, -0.1) is 22.7 Å². The highest BCUT2D eigenvalue weighted by Gasteiger charge is 2.11. The molecule has 3 heterocycles. The van der Waals surface area contributed by atoms with E-state index in [2.05, 4.69) is 16.4 Å². The number of hydrogen-bond donors (Lipinski definition) is 0. The number of para-hydroxylation sites is 1. The first-order valence-electron chi connectivity index (χ1n) is 7.11. The van der Waals surface area contributed by atoms with Crippen molar-refractivity contribution in [2.45, 2.75) is 6.42 Å². The largest absolute Gasteiger partial charge is 0.494 e. The second kappa shape index (κ2) is 6.06. The van der Waals surface area contributed by atoms with Gasteiger partial charge in [0.05, 0.1) is 23.9 Å². The maximum atomic E-state index is 5.38. The van der Waals surface area contributed by atoms with Crippen LogP contribution in [0.25, 0.3) is 21.5 Å². The van der Waals surface area contributed by atoms with E-state index in [4.69, 9.17) is 14.7 Å². The van der Waals surface area contributed by atoms with Crippen molar-refractivity contribution in [1.29, 1.82) is 0 Å². The third kappa shape index (κ3) is 2.83. The van der Waals surface area contributed by atoms with Crippen LogP contribution in [-0.2, 0) is 6.42 Å². The number of fused-ring (bicyclic) bond motifs is 1. The van der Waals surface area contributed by atoms with Crippen LogP contribution in [0.15, 0.2) is 48.1 Å². The standard InChI is InChI=1S/C17H13N3OS2/c1-21-13-3-2-4-14-17(13)20-16(23-14)9-15-19-12(10-22-15)11-5-7-18-8-6-11/h2-8,10H,9H2,1H3. The number of pyridine rings is 1. The van der Waals surface area contributed by atoms with Gasteiger partial charge in [0.25, 0.3) is 0 Å². The van der Waals surface area contributed by atoms with Crippen LogP contribution < -0.4 is 4.74 Å². The van der Waals surface area contributed by atoms with Gasteiger partial charge >= 0.3 is 0 Å². The lowest BCUT2D eigenvalue weighted by Gasteiger charge is -1.98. The summed E-state index contributed by atoms with van der Waals surface area (Å²) in [5.41, 5.74) is 3.01. The Labute approximate surface area is 141 Å². The smallest absolute Gasteiger partial charge is 0.145 e. The predicted molar refractivity (Wildman–Crippen MR) is 94.3 cm³/mol. The second-order valence-corrected chi connectivity index (χ2v) is 7.01. The Kier molecular flexibility index (Phi) is 3.77. The van der Waals surface area contributed by atoms with Crippen LogP contribution in [0, 0.1) is 0 Å². The average molecular weight is 339 g/mol. The van der Waals surface area contributed by atoms with Crippen molar-refractivity contribution in [1.82, 2.24) is 15.0 Å². The molecule has 0 saturated carbocycles. The summed E-state index contributed by atoms with van der Waals surface area (Å²) in [4.78, 5) is 13.5. The van der Waals surface area contributed by atoms with E-state index >= 15 is 0 Å². The summed E-state index contributed by atoms with van der Waals surface area (Å²) < 4.78 is 6.52. The quantitative estimate of drug-likeness (QED) is 0.552. The predicted octanol–water partition coefficient (Wildman–Crippen LogP) is 4.41. The molecular formula is C17H13N3OS2. The first kappa shape index (κ1) is 14.3. The highest BCUT2D eigenvalue weighted by molar-refractivity contribution is 7.18. The molecule has 1 aromatic carbocycles. The summed E-state index contributed by atoms with van der Waals surface area (Å²) in [6, 6.07) is 9.96. The van der Waals surface area contributed by atoms with E-state index in [0.29, 0.717) is 0 Å². The Morgan fingerprint density at radius 1 is 1.04 bits per heavy atom. The van der Waals surface area contributed by atoms with Crippen LogP contribution in [0.4, 0.5) is 0 Å². The fourth-order valence-electron chi connectivity index (χ4n) is 2.39. The molecule has 4 rings (SSSR count). The van der Waals surface area contributed by atoms with Crippen molar-refractivity contribution < 1.29 is 4.74 Å². The molecule has 23 heavy (non-hydrogen) atoms. The molecule has 0 amide bonds. The van der Waals surface area contributed by atoms with Crippen LogP contribution in [-0.4, -0.2) is 22.1 Å². The van der Waals surface area contributed by atoms with Gasteiger partial charge in [-0.05, 0) is 24.3 Å². The van der Waals surface area contributed by atoms with Crippen molar-refractivity contribution in [3.63, 3.8) is 0 Å². The molecule has 0 N–H and O–H groups in total. The molecule has 0 aliphatic heterocycles. The average Bonchev–Trinajstić information content (AvgIpc) is 3.22. The van der Waals surface area contributed by atoms with E-state index in [1.807, 2.05) is 24.3 Å². The lowest BCUT2D eigenvalue weighted by Crippen LogP contribution is -1.87. The highest BCUT2D eigenvalue weighted by atomic mass is 32.1. The van der Waals surface area contributed by atoms with Gasteiger partial charge in [-0.25, -0.2) is 9.97 Å². The zero-order valence-electron chi connectivity index (χ0n) is 12.4. The van der Waals surface area contributed by atoms with Gasteiger partial charge in [0.2, 0.25) is 0 Å². The first-order chi connectivity index (χ1) is 11.3. The van der Waals surface area contributed by atoms with Crippen molar-refractivity contribution >= 4 is 32.9 Å². The molecule has 0 aliphatic carbocycles. The monoisotopic (exact) mass is 339 g/mol. The molecule has 0 saturated heterocycles. The van der Waals surface area contributed by atoms with Gasteiger partial charge < -0.3 is 4.74 Å². The summed E-state index contributed by atoms with van der Waals surface area (Å²) in [7, 11) is 1.68. The Morgan fingerprint density at radius 3 is 2.74 bits per heavy atom. The normalized spacial score (nSPS) is 11.0. The zero-order valence-corrected chi connectivity index (χ0v) is 14.0. The summed E-state index contributed by atoms with van der Waals surface area (Å²) in [6.07, 6.45) is 4.32. The lowest BCUT2D eigenvalue weighted by molar-refractivity contribution is 0.419. The van der Waals surface area contributed by atoms with E-state index in [-0.39, 0.29) is 0 Å². The van der Waals surface area contributed by atoms with Gasteiger partial charge in [-0.3, -0.25) is 4.98 Å². The molecule has 114 valence electrons. The topological polar surface area (TPSA) is 47.9 Å². The Hall–Kier alpha value is -2.31. The van der Waals surface area contributed by atoms with Crippen molar-refractivity contribution in [2.24, 2.45) is 0 Å². The fraction of sp³-hybridized carbons (Fsp3) is 0.118. The fourth-order valence-corrected chi connectivity index (χ4v) is 4.27. The first-order valence-corrected chi connectivity index (χ1v) is 8.80. The summed E-state index contributed by atoms with van der Waals surface area (Å²) in [5, 5.41) is 4.20. The Bertz CT molecular complexity index is 947. The van der Waals surface area contributed by atoms with Crippen molar-refractivity contribution in [3.05, 3.63) is 58.1 Å². The maximum Gasteiger partial charge on any atom is 0.145 e. The number of ether oxygens (including phenoxy) is 1. The molecule has 0 radical (unpaired) electrons. The molecule has 4 nitrogen and oxygen atoms in total. The number of methoxy groups -OCH3 is 1. The van der Waals surface area contributed by atoms with Crippen molar-refractivity contribution in [2.75, 3.05) is 7.11 Å². The molecule has 4 aromatic rings. The van der Waals surface area contributed by atoms with E-state index in [1.54, 1.807) is 42.2 Å². The molecule has 0 unspecified atom stereocenters.